The molecular formula is C10H6Cl2IN3O. The predicted molar refractivity (Wildman–Crippen MR) is 75.7 cm³/mol. The summed E-state index contributed by atoms with van der Waals surface area (Å²) in [4.78, 5) is 12.0. The summed E-state index contributed by atoms with van der Waals surface area (Å²) in [6, 6.07) is 4.82. The van der Waals surface area contributed by atoms with Crippen LogP contribution < -0.4 is 5.32 Å². The number of aromatic amines is 1. The highest BCUT2D eigenvalue weighted by Gasteiger charge is 2.14. The Kier molecular flexibility index (Phi) is 3.90. The van der Waals surface area contributed by atoms with Gasteiger partial charge in [-0.05, 0) is 34.7 Å². The van der Waals surface area contributed by atoms with Gasteiger partial charge in [0.05, 0.1) is 16.8 Å². The summed E-state index contributed by atoms with van der Waals surface area (Å²) in [7, 11) is 0. The second-order valence-electron chi connectivity index (χ2n) is 3.17. The van der Waals surface area contributed by atoms with Crippen molar-refractivity contribution in [1.29, 1.82) is 0 Å². The largest absolute Gasteiger partial charge is 0.307 e. The molecule has 0 atom stereocenters. The van der Waals surface area contributed by atoms with E-state index in [1.807, 2.05) is 22.6 Å². The Morgan fingerprint density at radius 1 is 1.41 bits per heavy atom. The standard InChI is InChI=1S/C10H6Cl2IN3O/c11-5-3-6(9(13)7(12)4-5)10(17)15-8-1-2-14-16-8/h1-4H,(H2,14,15,16,17). The number of nitrogens with one attached hydrogen (secondary N) is 2. The molecule has 0 aliphatic heterocycles. The van der Waals surface area contributed by atoms with Crippen LogP contribution in [0.15, 0.2) is 24.4 Å². The van der Waals surface area contributed by atoms with Gasteiger partial charge >= 0.3 is 0 Å². The van der Waals surface area contributed by atoms with Crippen molar-refractivity contribution in [3.05, 3.63) is 43.6 Å². The van der Waals surface area contributed by atoms with Crippen LogP contribution in [0.4, 0.5) is 5.82 Å². The molecule has 2 rings (SSSR count). The summed E-state index contributed by atoms with van der Waals surface area (Å²) in [6.07, 6.45) is 1.55. The molecule has 0 saturated heterocycles. The minimum atomic E-state index is -0.289. The van der Waals surface area contributed by atoms with Crippen molar-refractivity contribution in [1.82, 2.24) is 10.2 Å². The van der Waals surface area contributed by atoms with Gasteiger partial charge in [-0.3, -0.25) is 9.89 Å². The number of nitrogens with zero attached hydrogens (tertiary/aromatic N) is 1. The van der Waals surface area contributed by atoms with Crippen LogP contribution in [0.25, 0.3) is 0 Å². The van der Waals surface area contributed by atoms with E-state index in [0.29, 0.717) is 25.0 Å². The minimum absolute atomic E-state index is 0.289. The lowest BCUT2D eigenvalue weighted by molar-refractivity contribution is 0.102. The number of amides is 1. The molecule has 1 amide bonds. The van der Waals surface area contributed by atoms with Gasteiger partial charge < -0.3 is 5.32 Å². The molecule has 0 aliphatic rings. The zero-order chi connectivity index (χ0) is 12.4. The van der Waals surface area contributed by atoms with E-state index in [0.717, 1.165) is 0 Å². The van der Waals surface area contributed by atoms with Crippen LogP contribution >= 0.6 is 45.8 Å². The number of carbonyl (C=O) groups is 1. The second-order valence-corrected chi connectivity index (χ2v) is 5.10. The number of halogens is 3. The highest BCUT2D eigenvalue weighted by molar-refractivity contribution is 14.1. The maximum absolute atomic E-state index is 12.0. The van der Waals surface area contributed by atoms with Crippen LogP contribution in [-0.4, -0.2) is 16.1 Å². The minimum Gasteiger partial charge on any atom is -0.307 e. The number of anilines is 1. The van der Waals surface area contributed by atoms with E-state index in [9.17, 15) is 4.79 Å². The third-order valence-corrected chi connectivity index (χ3v) is 3.98. The summed E-state index contributed by atoms with van der Waals surface area (Å²) in [5, 5.41) is 9.90. The van der Waals surface area contributed by atoms with E-state index in [4.69, 9.17) is 23.2 Å². The van der Waals surface area contributed by atoms with Gasteiger partial charge in [0.25, 0.3) is 5.91 Å². The molecule has 17 heavy (non-hydrogen) atoms. The lowest BCUT2D eigenvalue weighted by Gasteiger charge is -2.07. The lowest BCUT2D eigenvalue weighted by Crippen LogP contribution is -2.14. The molecule has 4 nitrogen and oxygen atoms in total. The first-order valence-corrected chi connectivity index (χ1v) is 6.36. The van der Waals surface area contributed by atoms with Crippen molar-refractivity contribution in [2.75, 3.05) is 5.32 Å². The number of rotatable bonds is 2. The Balaban J connectivity index is 2.31. The van der Waals surface area contributed by atoms with Crippen molar-refractivity contribution in [2.24, 2.45) is 0 Å². The maximum atomic E-state index is 12.0. The van der Waals surface area contributed by atoms with E-state index < -0.39 is 0 Å². The molecule has 0 spiro atoms. The number of aromatic nitrogens is 2. The average molecular weight is 382 g/mol. The van der Waals surface area contributed by atoms with Crippen LogP contribution in [0.5, 0.6) is 0 Å². The second kappa shape index (κ2) is 5.24. The number of carbonyl (C=O) groups excluding carboxylic acids is 1. The van der Waals surface area contributed by atoms with Gasteiger partial charge in [0.1, 0.15) is 5.82 Å². The third-order valence-electron chi connectivity index (χ3n) is 1.99. The zero-order valence-corrected chi connectivity index (χ0v) is 12.0. The highest BCUT2D eigenvalue weighted by atomic mass is 127. The fourth-order valence-corrected chi connectivity index (χ4v) is 2.29. The Bertz CT molecular complexity index is 557. The SMILES string of the molecule is O=C(Nc1ccn[nH]1)c1cc(Cl)cc(Cl)c1I. The average Bonchev–Trinajstić information content (AvgIpc) is 2.76. The molecular weight excluding hydrogens is 376 g/mol. The summed E-state index contributed by atoms with van der Waals surface area (Å²) in [5.41, 5.74) is 0.428. The summed E-state index contributed by atoms with van der Waals surface area (Å²) >= 11 is 13.8. The fraction of sp³-hybridized carbons (Fsp3) is 0. The molecule has 0 saturated carbocycles. The molecule has 0 unspecified atom stereocenters. The first kappa shape index (κ1) is 12.7. The summed E-state index contributed by atoms with van der Waals surface area (Å²) in [5.74, 6) is 0.227. The molecule has 88 valence electrons. The number of H-pyrrole nitrogens is 1. The molecule has 1 aromatic heterocycles. The topological polar surface area (TPSA) is 57.8 Å². The summed E-state index contributed by atoms with van der Waals surface area (Å²) < 4.78 is 0.658. The van der Waals surface area contributed by atoms with Gasteiger partial charge in [-0.2, -0.15) is 5.10 Å². The Labute approximate surface area is 121 Å². The van der Waals surface area contributed by atoms with Gasteiger partial charge in [-0.25, -0.2) is 0 Å². The number of hydrogen-bond acceptors (Lipinski definition) is 2. The summed E-state index contributed by atoms with van der Waals surface area (Å²) in [6.45, 7) is 0. The molecule has 1 heterocycles. The maximum Gasteiger partial charge on any atom is 0.257 e. The molecule has 2 aromatic rings. The van der Waals surface area contributed by atoms with Crippen molar-refractivity contribution in [3.63, 3.8) is 0 Å². The quantitative estimate of drug-likeness (QED) is 0.617. The molecule has 0 bridgehead atoms. The lowest BCUT2D eigenvalue weighted by atomic mass is 10.2. The van der Waals surface area contributed by atoms with E-state index >= 15 is 0 Å². The van der Waals surface area contributed by atoms with E-state index in [-0.39, 0.29) is 5.91 Å². The zero-order valence-electron chi connectivity index (χ0n) is 8.30. The molecule has 7 heteroatoms. The van der Waals surface area contributed by atoms with Crippen LogP contribution in [0.3, 0.4) is 0 Å². The Hall–Kier alpha value is -0.790. The first-order chi connectivity index (χ1) is 8.08. The molecule has 1 aromatic carbocycles. The van der Waals surface area contributed by atoms with Crippen molar-refractivity contribution < 1.29 is 4.79 Å². The predicted octanol–water partition coefficient (Wildman–Crippen LogP) is 3.57. The highest BCUT2D eigenvalue weighted by Crippen LogP contribution is 2.27. The van der Waals surface area contributed by atoms with Crippen molar-refractivity contribution in [2.45, 2.75) is 0 Å². The van der Waals surface area contributed by atoms with Gasteiger partial charge in [0.15, 0.2) is 0 Å². The molecule has 0 fully saturated rings. The normalized spacial score (nSPS) is 10.3. The van der Waals surface area contributed by atoms with Crippen LogP contribution in [0.2, 0.25) is 10.0 Å². The van der Waals surface area contributed by atoms with Crippen LogP contribution in [0, 0.1) is 3.57 Å². The monoisotopic (exact) mass is 381 g/mol. The van der Waals surface area contributed by atoms with Crippen molar-refractivity contribution >= 4 is 57.5 Å². The first-order valence-electron chi connectivity index (χ1n) is 4.53. The van der Waals surface area contributed by atoms with Crippen LogP contribution in [0.1, 0.15) is 10.4 Å². The van der Waals surface area contributed by atoms with E-state index in [1.165, 1.54) is 0 Å². The number of benzene rings is 1. The smallest absolute Gasteiger partial charge is 0.257 e. The van der Waals surface area contributed by atoms with E-state index in [2.05, 4.69) is 15.5 Å². The van der Waals surface area contributed by atoms with E-state index in [1.54, 1.807) is 24.4 Å². The molecule has 0 aliphatic carbocycles. The molecule has 0 radical (unpaired) electrons. The number of hydrogen-bond donors (Lipinski definition) is 2. The van der Waals surface area contributed by atoms with Crippen LogP contribution in [-0.2, 0) is 0 Å². The molecule has 2 N–H and O–H groups in total. The Morgan fingerprint density at radius 2 is 2.18 bits per heavy atom. The van der Waals surface area contributed by atoms with Gasteiger partial charge in [0.2, 0.25) is 0 Å². The van der Waals surface area contributed by atoms with Gasteiger partial charge in [-0.1, -0.05) is 23.2 Å². The van der Waals surface area contributed by atoms with Gasteiger partial charge in [-0.15, -0.1) is 0 Å². The Morgan fingerprint density at radius 3 is 2.82 bits per heavy atom. The van der Waals surface area contributed by atoms with Crippen molar-refractivity contribution in [3.8, 4) is 0 Å². The third kappa shape index (κ3) is 2.91. The fourth-order valence-electron chi connectivity index (χ4n) is 1.24. The van der Waals surface area contributed by atoms with Gasteiger partial charge in [0, 0.05) is 14.7 Å².